The van der Waals surface area contributed by atoms with Crippen LogP contribution in [0.2, 0.25) is 0 Å². The van der Waals surface area contributed by atoms with Crippen molar-refractivity contribution in [1.82, 2.24) is 0 Å². The lowest BCUT2D eigenvalue weighted by atomic mass is 9.32. The molecule has 2 fully saturated rings. The van der Waals surface area contributed by atoms with E-state index in [0.29, 0.717) is 0 Å². The lowest BCUT2D eigenvalue weighted by molar-refractivity contribution is 0.193. The fraction of sp³-hybridized carbons (Fsp3) is 0.323. The summed E-state index contributed by atoms with van der Waals surface area (Å²) in [6.07, 6.45) is 9.85. The minimum absolute atomic E-state index is 0.0214. The number of rotatable bonds is 4. The highest BCUT2D eigenvalue weighted by atomic mass is 15.3. The Morgan fingerprint density at radius 2 is 0.985 bits per heavy atom. The number of hydrogen-bond acceptors (Lipinski definition) is 3. The standard InChI is InChI=1S/C62H62BN3/c1-39-33-40(2)54-51(34-39)65(61(7)31-17-15-29-59(54,61)5)48-37-52-57-53(38-48)66-58-55(60(6)30-16-18-32-62(60,66)8)41(3)35-42(4)56(58)63(57)49-36-46(44-21-13-10-14-22-44)25-28-50(49)64(52)47-26-23-45(24-27-47)43-19-11-9-12-20-43/h9-14,19-28,33-38H,15-18,29-32H2,1-8H3. The zero-order valence-corrected chi connectivity index (χ0v) is 40.3. The third-order valence-corrected chi connectivity index (χ3v) is 18.7. The van der Waals surface area contributed by atoms with Crippen molar-refractivity contribution < 1.29 is 0 Å². The summed E-state index contributed by atoms with van der Waals surface area (Å²) < 4.78 is 0. The topological polar surface area (TPSA) is 9.72 Å². The average molecular weight is 860 g/mol. The molecule has 4 aliphatic heterocycles. The van der Waals surface area contributed by atoms with E-state index in [1.54, 1.807) is 11.1 Å². The second-order valence-electron chi connectivity index (χ2n) is 22.1. The molecule has 7 aromatic rings. The first-order valence-electron chi connectivity index (χ1n) is 25.1. The number of benzene rings is 7. The van der Waals surface area contributed by atoms with Crippen molar-refractivity contribution in [2.45, 2.75) is 129 Å². The molecule has 0 spiro atoms. The maximum atomic E-state index is 2.96. The Bertz CT molecular complexity index is 3170. The van der Waals surface area contributed by atoms with Crippen LogP contribution in [0.3, 0.4) is 0 Å². The van der Waals surface area contributed by atoms with Crippen LogP contribution in [-0.4, -0.2) is 17.8 Å². The minimum Gasteiger partial charge on any atom is -0.335 e. The van der Waals surface area contributed by atoms with Gasteiger partial charge in [0, 0.05) is 50.6 Å². The molecule has 13 rings (SSSR count). The van der Waals surface area contributed by atoms with Gasteiger partial charge in [-0.1, -0.05) is 142 Å². The van der Waals surface area contributed by atoms with Gasteiger partial charge in [0.05, 0.1) is 11.1 Å². The number of anilines is 7. The molecule has 0 aromatic heterocycles. The lowest BCUT2D eigenvalue weighted by Gasteiger charge is -2.54. The Labute approximate surface area is 393 Å². The number of aryl methyl sites for hydroxylation is 4. The Kier molecular flexibility index (Phi) is 8.42. The van der Waals surface area contributed by atoms with Crippen molar-refractivity contribution in [3.05, 3.63) is 167 Å². The third kappa shape index (κ3) is 5.06. The molecule has 0 N–H and O–H groups in total. The molecular formula is C62H62BN3. The molecule has 0 bridgehead atoms. The van der Waals surface area contributed by atoms with E-state index in [4.69, 9.17) is 0 Å². The highest BCUT2D eigenvalue weighted by molar-refractivity contribution is 7.00. The van der Waals surface area contributed by atoms with Gasteiger partial charge < -0.3 is 14.7 Å². The molecule has 2 saturated carbocycles. The predicted octanol–water partition coefficient (Wildman–Crippen LogP) is 14.4. The van der Waals surface area contributed by atoms with Crippen LogP contribution < -0.4 is 31.1 Å². The van der Waals surface area contributed by atoms with Crippen LogP contribution in [0, 0.1) is 27.7 Å². The molecule has 0 radical (unpaired) electrons. The van der Waals surface area contributed by atoms with Crippen LogP contribution in [0.25, 0.3) is 22.3 Å². The fourth-order valence-corrected chi connectivity index (χ4v) is 15.4. The third-order valence-electron chi connectivity index (χ3n) is 18.7. The molecule has 4 atom stereocenters. The van der Waals surface area contributed by atoms with Crippen LogP contribution in [-0.2, 0) is 10.8 Å². The van der Waals surface area contributed by atoms with Gasteiger partial charge in [0.2, 0.25) is 0 Å². The van der Waals surface area contributed by atoms with E-state index in [9.17, 15) is 0 Å². The first-order chi connectivity index (χ1) is 31.9. The summed E-state index contributed by atoms with van der Waals surface area (Å²) >= 11 is 0. The number of nitrogens with zero attached hydrogens (tertiary/aromatic N) is 3. The molecule has 66 heavy (non-hydrogen) atoms. The molecule has 4 heterocycles. The van der Waals surface area contributed by atoms with Crippen molar-refractivity contribution in [3.8, 4) is 22.3 Å². The van der Waals surface area contributed by atoms with Gasteiger partial charge in [0.15, 0.2) is 0 Å². The molecule has 7 aromatic carbocycles. The van der Waals surface area contributed by atoms with Crippen molar-refractivity contribution in [2.75, 3.05) is 14.7 Å². The Balaban J connectivity index is 1.15. The SMILES string of the molecule is Cc1cc(C)c2c(c1)N(c1cc3c4c(c1)N1c5c(c(C)cc(C)c5C5(C)CCCCC15C)B4c1cc(-c4ccccc4)ccc1N3c1ccc(-c3ccccc3)cc1)C1(C)CCCCC21C. The minimum atomic E-state index is -0.0784. The van der Waals surface area contributed by atoms with E-state index in [0.717, 1.165) is 0 Å². The summed E-state index contributed by atoms with van der Waals surface area (Å²) in [5, 5.41) is 0. The van der Waals surface area contributed by atoms with Crippen LogP contribution in [0.15, 0.2) is 133 Å². The van der Waals surface area contributed by atoms with Gasteiger partial charge in [0.1, 0.15) is 0 Å². The highest BCUT2D eigenvalue weighted by Crippen LogP contribution is 2.65. The zero-order chi connectivity index (χ0) is 45.1. The Morgan fingerprint density at radius 1 is 0.424 bits per heavy atom. The predicted molar refractivity (Wildman–Crippen MR) is 281 cm³/mol. The van der Waals surface area contributed by atoms with E-state index in [-0.39, 0.29) is 28.6 Å². The van der Waals surface area contributed by atoms with Crippen molar-refractivity contribution in [1.29, 1.82) is 0 Å². The maximum Gasteiger partial charge on any atom is 0.252 e. The van der Waals surface area contributed by atoms with Crippen LogP contribution >= 0.6 is 0 Å². The maximum absolute atomic E-state index is 2.96. The summed E-state index contributed by atoms with van der Waals surface area (Å²) in [6.45, 7) is 20.1. The molecule has 4 heteroatoms. The Morgan fingerprint density at radius 3 is 1.67 bits per heavy atom. The van der Waals surface area contributed by atoms with Gasteiger partial charge in [-0.3, -0.25) is 0 Å². The van der Waals surface area contributed by atoms with Crippen molar-refractivity contribution in [2.24, 2.45) is 0 Å². The molecule has 0 saturated heterocycles. The first-order valence-corrected chi connectivity index (χ1v) is 25.1. The van der Waals surface area contributed by atoms with Gasteiger partial charge >= 0.3 is 0 Å². The van der Waals surface area contributed by atoms with Crippen molar-refractivity contribution >= 4 is 62.9 Å². The van der Waals surface area contributed by atoms with Crippen LogP contribution in [0.1, 0.15) is 112 Å². The first kappa shape index (κ1) is 40.3. The molecule has 2 aliphatic carbocycles. The molecule has 0 amide bonds. The van der Waals surface area contributed by atoms with Gasteiger partial charge in [-0.25, -0.2) is 0 Å². The second kappa shape index (κ2) is 13.8. The lowest BCUT2D eigenvalue weighted by Crippen LogP contribution is -2.65. The van der Waals surface area contributed by atoms with Gasteiger partial charge in [0.25, 0.3) is 6.71 Å². The summed E-state index contributed by atoms with van der Waals surface area (Å²) in [4.78, 5) is 8.49. The van der Waals surface area contributed by atoms with Crippen LogP contribution in [0.5, 0.6) is 0 Å². The molecular weight excluding hydrogens is 798 g/mol. The monoisotopic (exact) mass is 860 g/mol. The van der Waals surface area contributed by atoms with E-state index >= 15 is 0 Å². The molecule has 3 nitrogen and oxygen atoms in total. The van der Waals surface area contributed by atoms with Gasteiger partial charge in [-0.15, -0.1) is 0 Å². The summed E-state index contributed by atoms with van der Waals surface area (Å²) in [5.41, 5.74) is 27.6. The van der Waals surface area contributed by atoms with E-state index in [2.05, 4.69) is 204 Å². The molecule has 6 aliphatic rings. The van der Waals surface area contributed by atoms with Crippen LogP contribution in [0.4, 0.5) is 39.8 Å². The van der Waals surface area contributed by atoms with Gasteiger partial charge in [-0.05, 0) is 170 Å². The fourth-order valence-electron chi connectivity index (χ4n) is 15.4. The highest BCUT2D eigenvalue weighted by Gasteiger charge is 2.63. The molecule has 4 unspecified atom stereocenters. The summed E-state index contributed by atoms with van der Waals surface area (Å²) in [7, 11) is 0. The smallest absolute Gasteiger partial charge is 0.252 e. The second-order valence-corrected chi connectivity index (χ2v) is 22.1. The normalized spacial score (nSPS) is 25.2. The quantitative estimate of drug-likeness (QED) is 0.163. The van der Waals surface area contributed by atoms with E-state index in [1.807, 2.05) is 0 Å². The zero-order valence-electron chi connectivity index (χ0n) is 40.3. The van der Waals surface area contributed by atoms with Gasteiger partial charge in [-0.2, -0.15) is 0 Å². The van der Waals surface area contributed by atoms with Crippen molar-refractivity contribution in [3.63, 3.8) is 0 Å². The van der Waals surface area contributed by atoms with E-state index in [1.165, 1.54) is 152 Å². The average Bonchev–Trinajstić information content (AvgIpc) is 3.67. The summed E-state index contributed by atoms with van der Waals surface area (Å²) in [5.74, 6) is 0. The number of fused-ring (bicyclic) bond motifs is 10. The largest absolute Gasteiger partial charge is 0.335 e. The van der Waals surface area contributed by atoms with E-state index < -0.39 is 0 Å². The summed E-state index contributed by atoms with van der Waals surface area (Å²) in [6, 6.07) is 51.6. The number of hydrogen-bond donors (Lipinski definition) is 0. The Hall–Kier alpha value is -6.00. The molecule has 328 valence electrons.